The van der Waals surface area contributed by atoms with E-state index in [2.05, 4.69) is 17.2 Å². The van der Waals surface area contributed by atoms with Crippen LogP contribution in [0.3, 0.4) is 0 Å². The lowest BCUT2D eigenvalue weighted by Gasteiger charge is -2.36. The van der Waals surface area contributed by atoms with Gasteiger partial charge in [-0.2, -0.15) is 0 Å². The average Bonchev–Trinajstić information content (AvgIpc) is 2.77. The standard InChI is InChI=1S/C30H41N3O4/c1-9-19-33(25(26(34)32-29(3,4)5)23-18-14-13-15-21(23)2)27(35)24(20-22-16-11-10-12-17-22)31-28(36)37-30(6,7)8/h9-18,24-25H,1,19-20H2,2-8H3,(H,31,36)(H,32,34). The number of hydrogen-bond acceptors (Lipinski definition) is 4. The molecule has 2 rings (SSSR count). The maximum atomic E-state index is 14.2. The Kier molecular flexibility index (Phi) is 10.1. The van der Waals surface area contributed by atoms with E-state index in [1.807, 2.05) is 82.3 Å². The van der Waals surface area contributed by atoms with Crippen LogP contribution in [-0.4, -0.2) is 46.5 Å². The second kappa shape index (κ2) is 12.6. The lowest BCUT2D eigenvalue weighted by molar-refractivity contribution is -0.142. The number of nitrogens with one attached hydrogen (secondary N) is 2. The molecule has 2 aromatic carbocycles. The van der Waals surface area contributed by atoms with Crippen LogP contribution < -0.4 is 10.6 Å². The Balaban J connectivity index is 2.55. The van der Waals surface area contributed by atoms with Gasteiger partial charge in [0.05, 0.1) is 0 Å². The summed E-state index contributed by atoms with van der Waals surface area (Å²) in [5.41, 5.74) is 1.19. The molecule has 37 heavy (non-hydrogen) atoms. The topological polar surface area (TPSA) is 87.7 Å². The van der Waals surface area contributed by atoms with Crippen molar-refractivity contribution in [1.82, 2.24) is 15.5 Å². The van der Waals surface area contributed by atoms with Gasteiger partial charge in [0.25, 0.3) is 0 Å². The highest BCUT2D eigenvalue weighted by atomic mass is 16.6. The minimum Gasteiger partial charge on any atom is -0.444 e. The van der Waals surface area contributed by atoms with E-state index in [0.29, 0.717) is 5.56 Å². The SMILES string of the molecule is C=CCN(C(=O)C(Cc1ccccc1)NC(=O)OC(C)(C)C)C(C(=O)NC(C)(C)C)c1ccccc1C. The first kappa shape index (κ1) is 29.6. The predicted octanol–water partition coefficient (Wildman–Crippen LogP) is 5.10. The largest absolute Gasteiger partial charge is 0.444 e. The number of amides is 3. The number of hydrogen-bond donors (Lipinski definition) is 2. The summed E-state index contributed by atoms with van der Waals surface area (Å²) in [5, 5.41) is 5.77. The van der Waals surface area contributed by atoms with Gasteiger partial charge in [0.2, 0.25) is 11.8 Å². The molecule has 7 nitrogen and oxygen atoms in total. The number of rotatable bonds is 9. The summed E-state index contributed by atoms with van der Waals surface area (Å²) in [4.78, 5) is 42.1. The summed E-state index contributed by atoms with van der Waals surface area (Å²) in [6.07, 6.45) is 1.11. The van der Waals surface area contributed by atoms with E-state index < -0.39 is 35.2 Å². The first-order valence-corrected chi connectivity index (χ1v) is 12.5. The fraction of sp³-hybridized carbons (Fsp3) is 0.433. The first-order valence-electron chi connectivity index (χ1n) is 12.5. The van der Waals surface area contributed by atoms with Crippen LogP contribution in [0.4, 0.5) is 4.79 Å². The monoisotopic (exact) mass is 507 g/mol. The van der Waals surface area contributed by atoms with Gasteiger partial charge in [-0.25, -0.2) is 4.79 Å². The third-order valence-electron chi connectivity index (χ3n) is 5.42. The fourth-order valence-electron chi connectivity index (χ4n) is 3.94. The Morgan fingerprint density at radius 2 is 1.57 bits per heavy atom. The Labute approximate surface area is 221 Å². The van der Waals surface area contributed by atoms with Crippen LogP contribution in [0.5, 0.6) is 0 Å². The highest BCUT2D eigenvalue weighted by Crippen LogP contribution is 2.27. The number of benzene rings is 2. The molecule has 0 saturated heterocycles. The molecule has 0 aliphatic heterocycles. The highest BCUT2D eigenvalue weighted by Gasteiger charge is 2.37. The van der Waals surface area contributed by atoms with Gasteiger partial charge in [0.15, 0.2) is 0 Å². The predicted molar refractivity (Wildman–Crippen MR) is 147 cm³/mol. The van der Waals surface area contributed by atoms with Crippen LogP contribution in [0.2, 0.25) is 0 Å². The number of nitrogens with zero attached hydrogens (tertiary/aromatic N) is 1. The van der Waals surface area contributed by atoms with Gasteiger partial charge < -0.3 is 20.3 Å². The molecule has 0 aromatic heterocycles. The Morgan fingerprint density at radius 3 is 2.11 bits per heavy atom. The molecule has 2 N–H and O–H groups in total. The second-order valence-corrected chi connectivity index (χ2v) is 11.2. The summed E-state index contributed by atoms with van der Waals surface area (Å²) in [6.45, 7) is 16.8. The molecule has 200 valence electrons. The maximum Gasteiger partial charge on any atom is 0.408 e. The third-order valence-corrected chi connectivity index (χ3v) is 5.42. The van der Waals surface area contributed by atoms with Crippen molar-refractivity contribution in [3.63, 3.8) is 0 Å². The van der Waals surface area contributed by atoms with E-state index >= 15 is 0 Å². The second-order valence-electron chi connectivity index (χ2n) is 11.2. The van der Waals surface area contributed by atoms with Gasteiger partial charge >= 0.3 is 6.09 Å². The van der Waals surface area contributed by atoms with Crippen molar-refractivity contribution in [2.45, 2.75) is 78.1 Å². The van der Waals surface area contributed by atoms with E-state index in [-0.39, 0.29) is 18.9 Å². The van der Waals surface area contributed by atoms with Crippen LogP contribution in [0.1, 0.15) is 64.3 Å². The molecule has 3 amide bonds. The molecule has 0 aliphatic rings. The number of carbonyl (C=O) groups excluding carboxylic acids is 3. The van der Waals surface area contributed by atoms with Gasteiger partial charge in [-0.1, -0.05) is 60.7 Å². The van der Waals surface area contributed by atoms with Crippen molar-refractivity contribution in [1.29, 1.82) is 0 Å². The van der Waals surface area contributed by atoms with Gasteiger partial charge in [0, 0.05) is 18.5 Å². The molecule has 0 aliphatic carbocycles. The van der Waals surface area contributed by atoms with Crippen molar-refractivity contribution in [2.75, 3.05) is 6.54 Å². The van der Waals surface area contributed by atoms with Crippen LogP contribution in [0, 0.1) is 6.92 Å². The molecule has 0 radical (unpaired) electrons. The number of ether oxygens (including phenoxy) is 1. The average molecular weight is 508 g/mol. The lowest BCUT2D eigenvalue weighted by atomic mass is 9.96. The van der Waals surface area contributed by atoms with Crippen molar-refractivity contribution in [3.8, 4) is 0 Å². The summed E-state index contributed by atoms with van der Waals surface area (Å²) in [5.74, 6) is -0.723. The molecule has 2 unspecified atom stereocenters. The molecule has 2 aromatic rings. The zero-order valence-electron chi connectivity index (χ0n) is 23.1. The molecule has 0 fully saturated rings. The van der Waals surface area contributed by atoms with Gasteiger partial charge in [-0.3, -0.25) is 9.59 Å². The minimum atomic E-state index is -0.967. The first-order chi connectivity index (χ1) is 17.2. The van der Waals surface area contributed by atoms with Crippen LogP contribution in [0.15, 0.2) is 67.3 Å². The number of alkyl carbamates (subject to hydrolysis) is 1. The van der Waals surface area contributed by atoms with E-state index in [4.69, 9.17) is 4.74 Å². The van der Waals surface area contributed by atoms with Gasteiger partial charge in [-0.15, -0.1) is 6.58 Å². The molecule has 0 spiro atoms. The zero-order chi connectivity index (χ0) is 27.8. The van der Waals surface area contributed by atoms with Crippen LogP contribution in [-0.2, 0) is 20.7 Å². The highest BCUT2D eigenvalue weighted by molar-refractivity contribution is 5.92. The summed E-state index contributed by atoms with van der Waals surface area (Å²) in [7, 11) is 0. The number of aryl methyl sites for hydroxylation is 1. The molecule has 0 bridgehead atoms. The van der Waals surface area contributed by atoms with E-state index in [9.17, 15) is 14.4 Å². The minimum absolute atomic E-state index is 0.108. The normalized spacial score (nSPS) is 13.2. The molecule has 7 heteroatoms. The van der Waals surface area contributed by atoms with E-state index in [1.165, 1.54) is 4.90 Å². The Hall–Kier alpha value is -3.61. The molecular weight excluding hydrogens is 466 g/mol. The zero-order valence-corrected chi connectivity index (χ0v) is 23.1. The van der Waals surface area contributed by atoms with Crippen molar-refractivity contribution >= 4 is 17.9 Å². The molecular formula is C30H41N3O4. The van der Waals surface area contributed by atoms with Gasteiger partial charge in [0.1, 0.15) is 17.7 Å². The van der Waals surface area contributed by atoms with E-state index in [1.54, 1.807) is 26.8 Å². The maximum absolute atomic E-state index is 14.2. The lowest BCUT2D eigenvalue weighted by Crippen LogP contribution is -2.55. The third kappa shape index (κ3) is 9.41. The Bertz CT molecular complexity index is 1080. The quantitative estimate of drug-likeness (QED) is 0.462. The summed E-state index contributed by atoms with van der Waals surface area (Å²) < 4.78 is 5.45. The van der Waals surface area contributed by atoms with Gasteiger partial charge in [-0.05, 0) is 65.2 Å². The van der Waals surface area contributed by atoms with Crippen molar-refractivity contribution < 1.29 is 19.1 Å². The van der Waals surface area contributed by atoms with Crippen molar-refractivity contribution in [2.24, 2.45) is 0 Å². The molecule has 0 saturated carbocycles. The molecule has 2 atom stereocenters. The van der Waals surface area contributed by atoms with Crippen LogP contribution in [0.25, 0.3) is 0 Å². The van der Waals surface area contributed by atoms with E-state index in [0.717, 1.165) is 11.1 Å². The van der Waals surface area contributed by atoms with Crippen molar-refractivity contribution in [3.05, 3.63) is 83.9 Å². The fourth-order valence-corrected chi connectivity index (χ4v) is 3.94. The smallest absolute Gasteiger partial charge is 0.408 e. The summed E-state index contributed by atoms with van der Waals surface area (Å²) in [6, 6.07) is 15.0. The Morgan fingerprint density at radius 1 is 0.973 bits per heavy atom. The summed E-state index contributed by atoms with van der Waals surface area (Å²) >= 11 is 0. The number of carbonyl (C=O) groups is 3. The van der Waals surface area contributed by atoms with Crippen LogP contribution >= 0.6 is 0 Å². The molecule has 0 heterocycles.